The molecule has 70 valence electrons. The van der Waals surface area contributed by atoms with E-state index in [1.54, 1.807) is 0 Å². The first-order chi connectivity index (χ1) is 5.79. The van der Waals surface area contributed by atoms with Gasteiger partial charge in [-0.2, -0.15) is 0 Å². The van der Waals surface area contributed by atoms with Gasteiger partial charge in [0.15, 0.2) is 0 Å². The topological polar surface area (TPSA) is 38.3 Å². The predicted molar refractivity (Wildman–Crippen MR) is 46.9 cm³/mol. The van der Waals surface area contributed by atoms with Crippen LogP contribution < -0.4 is 5.32 Å². The van der Waals surface area contributed by atoms with Crippen LogP contribution in [0.15, 0.2) is 0 Å². The molecule has 0 aromatic heterocycles. The lowest BCUT2D eigenvalue weighted by atomic mass is 10.0. The van der Waals surface area contributed by atoms with Crippen LogP contribution in [0.1, 0.15) is 32.6 Å². The van der Waals surface area contributed by atoms with Crippen LogP contribution in [-0.2, 0) is 9.53 Å². The Bertz CT molecular complexity index is 141. The highest BCUT2D eigenvalue weighted by atomic mass is 16.5. The number of piperidine rings is 1. The first-order valence-electron chi connectivity index (χ1n) is 4.66. The van der Waals surface area contributed by atoms with Crippen LogP contribution in [0.2, 0.25) is 0 Å². The van der Waals surface area contributed by atoms with Crippen LogP contribution >= 0.6 is 0 Å². The summed E-state index contributed by atoms with van der Waals surface area (Å²) >= 11 is 0. The first-order valence-corrected chi connectivity index (χ1v) is 4.66. The predicted octanol–water partition coefficient (Wildman–Crippen LogP) is 1.08. The highest BCUT2D eigenvalue weighted by Crippen LogP contribution is 2.09. The third-order valence-electron chi connectivity index (χ3n) is 2.18. The Morgan fingerprint density at radius 3 is 3.00 bits per heavy atom. The number of hydrogen-bond donors (Lipinski definition) is 1. The van der Waals surface area contributed by atoms with Gasteiger partial charge in [0.25, 0.3) is 0 Å². The monoisotopic (exact) mass is 171 g/mol. The number of ether oxygens (including phenoxy) is 1. The fourth-order valence-electron chi connectivity index (χ4n) is 1.52. The van der Waals surface area contributed by atoms with Crippen molar-refractivity contribution in [2.45, 2.75) is 38.6 Å². The zero-order chi connectivity index (χ0) is 8.81. The molecule has 1 aliphatic rings. The van der Waals surface area contributed by atoms with Crippen molar-refractivity contribution < 1.29 is 9.53 Å². The van der Waals surface area contributed by atoms with E-state index in [4.69, 9.17) is 4.74 Å². The van der Waals surface area contributed by atoms with E-state index in [1.165, 1.54) is 26.2 Å². The summed E-state index contributed by atoms with van der Waals surface area (Å²) in [6.45, 7) is 3.13. The smallest absolute Gasteiger partial charge is 0.302 e. The normalized spacial score (nSPS) is 23.6. The van der Waals surface area contributed by atoms with Gasteiger partial charge in [-0.15, -0.1) is 0 Å². The van der Waals surface area contributed by atoms with Crippen molar-refractivity contribution in [3.63, 3.8) is 0 Å². The summed E-state index contributed by atoms with van der Waals surface area (Å²) < 4.78 is 4.87. The second-order valence-corrected chi connectivity index (χ2v) is 3.28. The SMILES string of the molecule is CC(=O)OCC[C@@H]1CCCCN1. The van der Waals surface area contributed by atoms with E-state index in [9.17, 15) is 4.79 Å². The van der Waals surface area contributed by atoms with Crippen LogP contribution in [0.5, 0.6) is 0 Å². The number of rotatable bonds is 3. The quantitative estimate of drug-likeness (QED) is 0.646. The van der Waals surface area contributed by atoms with Gasteiger partial charge >= 0.3 is 5.97 Å². The molecule has 0 spiro atoms. The summed E-state index contributed by atoms with van der Waals surface area (Å²) in [6, 6.07) is 0.568. The Morgan fingerprint density at radius 2 is 2.42 bits per heavy atom. The molecule has 1 atom stereocenters. The Labute approximate surface area is 73.5 Å². The lowest BCUT2D eigenvalue weighted by molar-refractivity contribution is -0.141. The van der Waals surface area contributed by atoms with E-state index in [-0.39, 0.29) is 5.97 Å². The van der Waals surface area contributed by atoms with E-state index in [1.807, 2.05) is 0 Å². The maximum absolute atomic E-state index is 10.4. The molecule has 1 saturated heterocycles. The van der Waals surface area contributed by atoms with Crippen molar-refractivity contribution in [1.29, 1.82) is 0 Å². The zero-order valence-corrected chi connectivity index (χ0v) is 7.64. The highest BCUT2D eigenvalue weighted by Gasteiger charge is 2.11. The molecule has 1 fully saturated rings. The minimum Gasteiger partial charge on any atom is -0.466 e. The molecule has 1 heterocycles. The molecule has 3 heteroatoms. The summed E-state index contributed by atoms with van der Waals surface area (Å²) in [5.74, 6) is -0.175. The van der Waals surface area contributed by atoms with Crippen molar-refractivity contribution in [2.75, 3.05) is 13.2 Å². The van der Waals surface area contributed by atoms with Gasteiger partial charge in [-0.25, -0.2) is 0 Å². The third-order valence-corrected chi connectivity index (χ3v) is 2.18. The van der Waals surface area contributed by atoms with Crippen LogP contribution in [0.4, 0.5) is 0 Å². The van der Waals surface area contributed by atoms with Crippen molar-refractivity contribution >= 4 is 5.97 Å². The van der Waals surface area contributed by atoms with E-state index < -0.39 is 0 Å². The Kier molecular flexibility index (Phi) is 4.08. The van der Waals surface area contributed by atoms with Gasteiger partial charge in [0.2, 0.25) is 0 Å². The first kappa shape index (κ1) is 9.52. The highest BCUT2D eigenvalue weighted by molar-refractivity contribution is 5.65. The van der Waals surface area contributed by atoms with Crippen molar-refractivity contribution in [3.8, 4) is 0 Å². The Balaban J connectivity index is 2.01. The summed E-state index contributed by atoms with van der Waals surface area (Å²) in [7, 11) is 0. The molecule has 0 radical (unpaired) electrons. The van der Waals surface area contributed by atoms with E-state index in [0.29, 0.717) is 12.6 Å². The van der Waals surface area contributed by atoms with Crippen molar-refractivity contribution in [1.82, 2.24) is 5.32 Å². The molecule has 0 bridgehead atoms. The van der Waals surface area contributed by atoms with Crippen LogP contribution in [-0.4, -0.2) is 25.2 Å². The molecule has 0 unspecified atom stereocenters. The lowest BCUT2D eigenvalue weighted by Crippen LogP contribution is -2.34. The average molecular weight is 171 g/mol. The largest absolute Gasteiger partial charge is 0.466 e. The zero-order valence-electron chi connectivity index (χ0n) is 7.64. The Morgan fingerprint density at radius 1 is 1.58 bits per heavy atom. The van der Waals surface area contributed by atoms with Gasteiger partial charge < -0.3 is 10.1 Å². The molecule has 0 amide bonds. The number of nitrogens with one attached hydrogen (secondary N) is 1. The summed E-state index contributed by atoms with van der Waals surface area (Å²) in [6.07, 6.45) is 4.77. The molecule has 3 nitrogen and oxygen atoms in total. The maximum atomic E-state index is 10.4. The summed E-state index contributed by atoms with van der Waals surface area (Å²) in [4.78, 5) is 10.4. The molecule has 12 heavy (non-hydrogen) atoms. The van der Waals surface area contributed by atoms with E-state index in [2.05, 4.69) is 5.32 Å². The van der Waals surface area contributed by atoms with Crippen LogP contribution in [0, 0.1) is 0 Å². The maximum Gasteiger partial charge on any atom is 0.302 e. The third kappa shape index (κ3) is 3.72. The minimum absolute atomic E-state index is 0.175. The molecule has 1 aliphatic heterocycles. The van der Waals surface area contributed by atoms with Crippen molar-refractivity contribution in [2.24, 2.45) is 0 Å². The molecule has 0 saturated carbocycles. The molecule has 1 rings (SSSR count). The number of hydrogen-bond acceptors (Lipinski definition) is 3. The van der Waals surface area contributed by atoms with Gasteiger partial charge in [-0.05, 0) is 25.8 Å². The lowest BCUT2D eigenvalue weighted by Gasteiger charge is -2.22. The van der Waals surface area contributed by atoms with Gasteiger partial charge in [0.1, 0.15) is 0 Å². The minimum atomic E-state index is -0.175. The molecule has 1 N–H and O–H groups in total. The fourth-order valence-corrected chi connectivity index (χ4v) is 1.52. The Hall–Kier alpha value is -0.570. The second-order valence-electron chi connectivity index (χ2n) is 3.28. The standard InChI is InChI=1S/C9H17NO2/c1-8(11)12-7-5-9-4-2-3-6-10-9/h9-10H,2-7H2,1H3/t9-/m0/s1. The average Bonchev–Trinajstić information content (AvgIpc) is 2.05. The van der Waals surface area contributed by atoms with Gasteiger partial charge in [0.05, 0.1) is 6.61 Å². The van der Waals surface area contributed by atoms with Crippen LogP contribution in [0.3, 0.4) is 0 Å². The summed E-state index contributed by atoms with van der Waals surface area (Å²) in [5, 5.41) is 3.40. The second kappa shape index (κ2) is 5.14. The molecule has 0 aromatic rings. The fraction of sp³-hybridized carbons (Fsp3) is 0.889. The molecular formula is C9H17NO2. The van der Waals surface area contributed by atoms with Gasteiger partial charge in [-0.3, -0.25) is 4.79 Å². The molecule has 0 aromatic carbocycles. The molecule has 0 aliphatic carbocycles. The van der Waals surface area contributed by atoms with Gasteiger partial charge in [-0.1, -0.05) is 6.42 Å². The van der Waals surface area contributed by atoms with Crippen LogP contribution in [0.25, 0.3) is 0 Å². The van der Waals surface area contributed by atoms with Crippen molar-refractivity contribution in [3.05, 3.63) is 0 Å². The van der Waals surface area contributed by atoms with E-state index in [0.717, 1.165) is 13.0 Å². The number of carbonyl (C=O) groups excluding carboxylic acids is 1. The number of esters is 1. The molecular weight excluding hydrogens is 154 g/mol. The van der Waals surface area contributed by atoms with Gasteiger partial charge in [0, 0.05) is 13.0 Å². The van der Waals surface area contributed by atoms with E-state index >= 15 is 0 Å². The summed E-state index contributed by atoms with van der Waals surface area (Å²) in [5.41, 5.74) is 0. The number of carbonyl (C=O) groups is 1.